The number of hydrogen-bond acceptors (Lipinski definition) is 6. The Morgan fingerprint density at radius 3 is 2.50 bits per heavy atom. The Morgan fingerprint density at radius 2 is 2.00 bits per heavy atom. The van der Waals surface area contributed by atoms with E-state index in [1.54, 1.807) is 11.5 Å². The van der Waals surface area contributed by atoms with Crippen LogP contribution in [0.4, 0.5) is 5.69 Å². The molecule has 0 aliphatic carbocycles. The van der Waals surface area contributed by atoms with E-state index in [2.05, 4.69) is 19.7 Å². The van der Waals surface area contributed by atoms with Gasteiger partial charge in [-0.05, 0) is 13.8 Å². The minimum absolute atomic E-state index is 0.0346. The van der Waals surface area contributed by atoms with Crippen molar-refractivity contribution in [3.8, 4) is 6.01 Å². The molecule has 0 spiro atoms. The zero-order valence-corrected chi connectivity index (χ0v) is 12.2. The quantitative estimate of drug-likeness (QED) is 0.876. The second-order valence-corrected chi connectivity index (χ2v) is 5.61. The summed E-state index contributed by atoms with van der Waals surface area (Å²) in [5.74, 6) is 0.638. The third kappa shape index (κ3) is 2.87. The van der Waals surface area contributed by atoms with E-state index >= 15 is 0 Å². The Hall–Kier alpha value is -2.16. The van der Waals surface area contributed by atoms with Gasteiger partial charge < -0.3 is 9.30 Å². The van der Waals surface area contributed by atoms with Gasteiger partial charge in [0, 0.05) is 12.7 Å². The molecule has 0 aliphatic rings. The molecule has 2 aromatic heterocycles. The maximum Gasteiger partial charge on any atom is 0.316 e. The van der Waals surface area contributed by atoms with E-state index in [4.69, 9.17) is 4.74 Å². The summed E-state index contributed by atoms with van der Waals surface area (Å²) in [6, 6.07) is 0.166. The Balaban J connectivity index is 2.25. The second-order valence-electron chi connectivity index (χ2n) is 3.98. The Morgan fingerprint density at radius 1 is 1.35 bits per heavy atom. The van der Waals surface area contributed by atoms with Crippen LogP contribution in [0.25, 0.3) is 0 Å². The molecule has 0 saturated carbocycles. The fourth-order valence-electron chi connectivity index (χ4n) is 1.61. The number of nitrogens with zero attached hydrogens (tertiary/aromatic N) is 4. The Labute approximate surface area is 116 Å². The zero-order valence-electron chi connectivity index (χ0n) is 11.4. The molecule has 0 saturated heterocycles. The molecule has 0 aromatic carbocycles. The maximum atomic E-state index is 12.2. The molecule has 1 N–H and O–H groups in total. The van der Waals surface area contributed by atoms with Gasteiger partial charge in [-0.15, -0.1) is 0 Å². The number of anilines is 1. The fourth-order valence-corrected chi connectivity index (χ4v) is 2.65. The number of methoxy groups -OCH3 is 1. The summed E-state index contributed by atoms with van der Waals surface area (Å²) in [6.07, 6.45) is 4.14. The second kappa shape index (κ2) is 5.45. The normalized spacial score (nSPS) is 11.3. The molecule has 2 rings (SSSR count). The molecule has 9 heteroatoms. The molecule has 0 aliphatic heterocycles. The van der Waals surface area contributed by atoms with Gasteiger partial charge in [0.05, 0.1) is 25.2 Å². The van der Waals surface area contributed by atoms with Gasteiger partial charge in [-0.25, -0.2) is 15.0 Å². The standard InChI is InChI=1S/C11H15N5O3S/c1-4-16-7-10(14-8(16)2)20(17,18)15-9-5-12-11(19-3)13-6-9/h5-7,15H,4H2,1-3H3. The summed E-state index contributed by atoms with van der Waals surface area (Å²) >= 11 is 0. The average molecular weight is 297 g/mol. The first-order chi connectivity index (χ1) is 9.46. The number of hydrogen-bond donors (Lipinski definition) is 1. The van der Waals surface area contributed by atoms with Gasteiger partial charge in [0.15, 0.2) is 5.03 Å². The van der Waals surface area contributed by atoms with Gasteiger partial charge in [0.1, 0.15) is 5.82 Å². The lowest BCUT2D eigenvalue weighted by molar-refractivity contribution is 0.380. The summed E-state index contributed by atoms with van der Waals surface area (Å²) < 4.78 is 33.2. The van der Waals surface area contributed by atoms with E-state index < -0.39 is 10.0 Å². The van der Waals surface area contributed by atoms with Crippen molar-refractivity contribution in [2.75, 3.05) is 11.8 Å². The van der Waals surface area contributed by atoms with Crippen LogP contribution in [0.1, 0.15) is 12.7 Å². The van der Waals surface area contributed by atoms with E-state index in [1.807, 2.05) is 6.92 Å². The number of nitrogens with one attached hydrogen (secondary N) is 1. The van der Waals surface area contributed by atoms with Crippen LogP contribution in [0.3, 0.4) is 0 Å². The number of aryl methyl sites for hydroxylation is 2. The molecule has 2 heterocycles. The van der Waals surface area contributed by atoms with Gasteiger partial charge in [0.25, 0.3) is 10.0 Å². The Kier molecular flexibility index (Phi) is 3.89. The minimum atomic E-state index is -3.75. The summed E-state index contributed by atoms with van der Waals surface area (Å²) in [4.78, 5) is 11.7. The van der Waals surface area contributed by atoms with Crippen LogP contribution in [0.5, 0.6) is 6.01 Å². The molecule has 0 fully saturated rings. The van der Waals surface area contributed by atoms with E-state index in [9.17, 15) is 8.42 Å². The van der Waals surface area contributed by atoms with Gasteiger partial charge in [-0.2, -0.15) is 8.42 Å². The molecule has 0 unspecified atom stereocenters. The SMILES string of the molecule is CCn1cc(S(=O)(=O)Nc2cnc(OC)nc2)nc1C. The molecular weight excluding hydrogens is 282 g/mol. The van der Waals surface area contributed by atoms with Crippen LogP contribution < -0.4 is 9.46 Å². The first-order valence-corrected chi connectivity index (χ1v) is 7.37. The molecule has 8 nitrogen and oxygen atoms in total. The minimum Gasteiger partial charge on any atom is -0.467 e. The Bertz CT molecular complexity index is 693. The third-order valence-corrected chi connectivity index (χ3v) is 3.88. The smallest absolute Gasteiger partial charge is 0.316 e. The molecule has 0 atom stereocenters. The van der Waals surface area contributed by atoms with Crippen molar-refractivity contribution in [3.63, 3.8) is 0 Å². The van der Waals surface area contributed by atoms with Gasteiger partial charge in [-0.1, -0.05) is 0 Å². The number of rotatable bonds is 5. The zero-order chi connectivity index (χ0) is 14.8. The molecular formula is C11H15N5O3S. The summed E-state index contributed by atoms with van der Waals surface area (Å²) in [7, 11) is -2.32. The monoisotopic (exact) mass is 297 g/mol. The summed E-state index contributed by atoms with van der Waals surface area (Å²) in [6.45, 7) is 4.31. The number of aromatic nitrogens is 4. The molecule has 108 valence electrons. The first-order valence-electron chi connectivity index (χ1n) is 5.89. The molecule has 20 heavy (non-hydrogen) atoms. The van der Waals surface area contributed by atoms with Crippen LogP contribution >= 0.6 is 0 Å². The lowest BCUT2D eigenvalue weighted by Crippen LogP contribution is -2.14. The summed E-state index contributed by atoms with van der Waals surface area (Å²) in [5, 5.41) is -0.0346. The summed E-state index contributed by atoms with van der Waals surface area (Å²) in [5.41, 5.74) is 0.245. The van der Waals surface area contributed by atoms with E-state index in [0.717, 1.165) is 0 Å². The molecule has 0 radical (unpaired) electrons. The maximum absolute atomic E-state index is 12.2. The first kappa shape index (κ1) is 14.3. The highest BCUT2D eigenvalue weighted by molar-refractivity contribution is 7.92. The van der Waals surface area contributed by atoms with Crippen molar-refractivity contribution < 1.29 is 13.2 Å². The van der Waals surface area contributed by atoms with Crippen LogP contribution in [0, 0.1) is 6.92 Å². The predicted octanol–water partition coefficient (Wildman–Crippen LogP) is 0.811. The van der Waals surface area contributed by atoms with Crippen LogP contribution in [0.2, 0.25) is 0 Å². The predicted molar refractivity (Wildman–Crippen MR) is 72.0 cm³/mol. The third-order valence-electron chi connectivity index (χ3n) is 2.63. The van der Waals surface area contributed by atoms with E-state index in [0.29, 0.717) is 12.4 Å². The lowest BCUT2D eigenvalue weighted by atomic mass is 10.6. The van der Waals surface area contributed by atoms with Crippen molar-refractivity contribution in [2.45, 2.75) is 25.4 Å². The number of sulfonamides is 1. The van der Waals surface area contributed by atoms with Crippen LogP contribution in [-0.4, -0.2) is 35.0 Å². The van der Waals surface area contributed by atoms with Crippen molar-refractivity contribution in [3.05, 3.63) is 24.4 Å². The van der Waals surface area contributed by atoms with Crippen molar-refractivity contribution in [1.82, 2.24) is 19.5 Å². The number of imidazole rings is 1. The fraction of sp³-hybridized carbons (Fsp3) is 0.364. The molecule has 0 amide bonds. The van der Waals surface area contributed by atoms with Crippen LogP contribution in [-0.2, 0) is 16.6 Å². The average Bonchev–Trinajstić information content (AvgIpc) is 2.81. The van der Waals surface area contributed by atoms with Crippen molar-refractivity contribution >= 4 is 15.7 Å². The largest absolute Gasteiger partial charge is 0.467 e. The molecule has 0 bridgehead atoms. The van der Waals surface area contributed by atoms with Gasteiger partial charge in [-0.3, -0.25) is 4.72 Å². The van der Waals surface area contributed by atoms with Crippen LogP contribution in [0.15, 0.2) is 23.6 Å². The van der Waals surface area contributed by atoms with Crippen molar-refractivity contribution in [2.24, 2.45) is 0 Å². The van der Waals surface area contributed by atoms with E-state index in [-0.39, 0.29) is 16.7 Å². The van der Waals surface area contributed by atoms with Crippen molar-refractivity contribution in [1.29, 1.82) is 0 Å². The van der Waals surface area contributed by atoms with Gasteiger partial charge >= 0.3 is 6.01 Å². The van der Waals surface area contributed by atoms with E-state index in [1.165, 1.54) is 25.7 Å². The number of ether oxygens (including phenoxy) is 1. The highest BCUT2D eigenvalue weighted by Crippen LogP contribution is 2.15. The highest BCUT2D eigenvalue weighted by atomic mass is 32.2. The lowest BCUT2D eigenvalue weighted by Gasteiger charge is -2.05. The van der Waals surface area contributed by atoms with Gasteiger partial charge in [0.2, 0.25) is 0 Å². The highest BCUT2D eigenvalue weighted by Gasteiger charge is 2.19. The topological polar surface area (TPSA) is 99.0 Å². The molecule has 2 aromatic rings.